The van der Waals surface area contributed by atoms with Crippen LogP contribution in [0.5, 0.6) is 5.75 Å². The van der Waals surface area contributed by atoms with Crippen LogP contribution in [0.2, 0.25) is 10.0 Å². The van der Waals surface area contributed by atoms with E-state index in [0.717, 1.165) is 4.68 Å². The van der Waals surface area contributed by atoms with E-state index in [1.165, 1.54) is 18.7 Å². The molecule has 0 aliphatic rings. The number of aromatic nitrogens is 3. The largest absolute Gasteiger partial charge is 0.489 e. The second kappa shape index (κ2) is 8.63. The molecule has 3 rings (SSSR count). The van der Waals surface area contributed by atoms with E-state index in [9.17, 15) is 4.79 Å². The van der Waals surface area contributed by atoms with Gasteiger partial charge in [0.1, 0.15) is 12.0 Å². The highest BCUT2D eigenvalue weighted by molar-refractivity contribution is 6.36. The Hall–Kier alpha value is -2.25. The lowest BCUT2D eigenvalue weighted by atomic mass is 9.97. The molecule has 0 spiro atoms. The summed E-state index contributed by atoms with van der Waals surface area (Å²) in [6, 6.07) is 3.11. The Morgan fingerprint density at radius 3 is 2.33 bits per heavy atom. The van der Waals surface area contributed by atoms with Gasteiger partial charge >= 0.3 is 5.76 Å². The van der Waals surface area contributed by atoms with Gasteiger partial charge in [0.2, 0.25) is 5.89 Å². The van der Waals surface area contributed by atoms with Crippen molar-refractivity contribution in [2.75, 3.05) is 0 Å². The third kappa shape index (κ3) is 5.61. The smallest absolute Gasteiger partial charge is 0.442 e. The molecule has 0 atom stereocenters. The van der Waals surface area contributed by atoms with Crippen LogP contribution >= 0.6 is 23.2 Å². The van der Waals surface area contributed by atoms with Crippen LogP contribution in [0.3, 0.4) is 0 Å². The van der Waals surface area contributed by atoms with Crippen LogP contribution in [-0.4, -0.2) is 20.9 Å². The van der Waals surface area contributed by atoms with Gasteiger partial charge in [0.25, 0.3) is 0 Å². The van der Waals surface area contributed by atoms with E-state index in [4.69, 9.17) is 32.4 Å². The molecule has 0 amide bonds. The van der Waals surface area contributed by atoms with Crippen molar-refractivity contribution >= 4 is 23.2 Å². The van der Waals surface area contributed by atoms with Crippen molar-refractivity contribution in [3.8, 4) is 11.4 Å². The van der Waals surface area contributed by atoms with Gasteiger partial charge < -0.3 is 13.6 Å². The van der Waals surface area contributed by atoms with Crippen molar-refractivity contribution in [1.29, 1.82) is 0 Å². The fourth-order valence-corrected chi connectivity index (χ4v) is 2.44. The zero-order chi connectivity index (χ0) is 20.2. The molecule has 3 aromatic rings. The minimum absolute atomic E-state index is 0.0642. The first-order valence-corrected chi connectivity index (χ1v) is 8.94. The SMILES string of the molecule is CC(C)Oc1cc(-n2nc(C(C)(C)C)oc2=O)c(Cl)cc1Cl.c1cocn1. The Balaban J connectivity index is 0.000000451. The first kappa shape index (κ1) is 21.1. The lowest BCUT2D eigenvalue weighted by molar-refractivity contribution is 0.242. The van der Waals surface area contributed by atoms with Gasteiger partial charge in [0, 0.05) is 11.5 Å². The second-order valence-corrected chi connectivity index (χ2v) is 7.73. The van der Waals surface area contributed by atoms with Gasteiger partial charge in [-0.15, -0.1) is 5.10 Å². The van der Waals surface area contributed by atoms with E-state index in [0.29, 0.717) is 22.4 Å². The predicted molar refractivity (Wildman–Crippen MR) is 103 cm³/mol. The lowest BCUT2D eigenvalue weighted by Gasteiger charge is -2.13. The number of rotatable bonds is 3. The summed E-state index contributed by atoms with van der Waals surface area (Å²) in [6.07, 6.45) is 4.41. The number of halogens is 2. The van der Waals surface area contributed by atoms with Crippen LogP contribution in [0.4, 0.5) is 0 Å². The van der Waals surface area contributed by atoms with Crippen molar-refractivity contribution in [2.24, 2.45) is 0 Å². The molecule has 0 radical (unpaired) electrons. The molecule has 0 aliphatic carbocycles. The number of hydrogen-bond acceptors (Lipinski definition) is 6. The molecule has 0 N–H and O–H groups in total. The molecule has 0 saturated heterocycles. The number of hydrogen-bond donors (Lipinski definition) is 0. The summed E-state index contributed by atoms with van der Waals surface area (Å²) in [5.41, 5.74) is -0.0217. The van der Waals surface area contributed by atoms with Crippen LogP contribution in [0.25, 0.3) is 5.69 Å². The van der Waals surface area contributed by atoms with E-state index in [2.05, 4.69) is 14.5 Å². The van der Waals surface area contributed by atoms with Gasteiger partial charge in [0.15, 0.2) is 6.39 Å². The normalized spacial score (nSPS) is 11.3. The van der Waals surface area contributed by atoms with Crippen LogP contribution in [0.1, 0.15) is 40.5 Å². The second-order valence-electron chi connectivity index (χ2n) is 6.91. The van der Waals surface area contributed by atoms with Gasteiger partial charge in [-0.3, -0.25) is 0 Å². The van der Waals surface area contributed by atoms with Crippen molar-refractivity contribution in [3.05, 3.63) is 57.5 Å². The zero-order valence-electron chi connectivity index (χ0n) is 15.7. The number of oxazole rings is 1. The summed E-state index contributed by atoms with van der Waals surface area (Å²) < 4.78 is 16.4. The molecule has 0 aliphatic heterocycles. The quantitative estimate of drug-likeness (QED) is 0.607. The maximum atomic E-state index is 12.1. The van der Waals surface area contributed by atoms with Gasteiger partial charge in [-0.25, -0.2) is 9.78 Å². The summed E-state index contributed by atoms with van der Waals surface area (Å²) in [5, 5.41) is 4.88. The van der Waals surface area contributed by atoms with Crippen molar-refractivity contribution in [1.82, 2.24) is 14.8 Å². The number of ether oxygens (including phenoxy) is 1. The Labute approximate surface area is 166 Å². The van der Waals surface area contributed by atoms with E-state index >= 15 is 0 Å². The third-order valence-electron chi connectivity index (χ3n) is 3.13. The molecule has 0 unspecified atom stereocenters. The fraction of sp³-hybridized carbons (Fsp3) is 0.389. The lowest BCUT2D eigenvalue weighted by Crippen LogP contribution is -2.15. The Kier molecular flexibility index (Phi) is 6.73. The maximum Gasteiger partial charge on any atom is 0.442 e. The van der Waals surface area contributed by atoms with E-state index in [1.807, 2.05) is 34.6 Å². The van der Waals surface area contributed by atoms with Crippen LogP contribution in [-0.2, 0) is 5.41 Å². The highest BCUT2D eigenvalue weighted by Gasteiger charge is 2.24. The minimum Gasteiger partial charge on any atom is -0.489 e. The fourth-order valence-electron chi connectivity index (χ4n) is 1.93. The predicted octanol–water partition coefficient (Wildman–Crippen LogP) is 4.89. The van der Waals surface area contributed by atoms with Crippen LogP contribution in [0, 0.1) is 0 Å². The Morgan fingerprint density at radius 1 is 1.19 bits per heavy atom. The maximum absolute atomic E-state index is 12.1. The van der Waals surface area contributed by atoms with E-state index in [1.54, 1.807) is 12.3 Å². The molecular weight excluding hydrogens is 393 g/mol. The molecule has 7 nitrogen and oxygen atoms in total. The summed E-state index contributed by atoms with van der Waals surface area (Å²) in [4.78, 5) is 15.6. The van der Waals surface area contributed by atoms with Gasteiger partial charge in [-0.1, -0.05) is 44.0 Å². The van der Waals surface area contributed by atoms with Gasteiger partial charge in [-0.2, -0.15) is 4.68 Å². The first-order chi connectivity index (χ1) is 12.6. The number of benzene rings is 1. The molecule has 27 heavy (non-hydrogen) atoms. The molecule has 2 heterocycles. The highest BCUT2D eigenvalue weighted by Crippen LogP contribution is 2.33. The van der Waals surface area contributed by atoms with Crippen molar-refractivity contribution in [2.45, 2.75) is 46.1 Å². The summed E-state index contributed by atoms with van der Waals surface area (Å²) in [6.45, 7) is 9.47. The Morgan fingerprint density at radius 2 is 1.89 bits per heavy atom. The van der Waals surface area contributed by atoms with E-state index in [-0.39, 0.29) is 16.5 Å². The average molecular weight is 414 g/mol. The molecule has 146 valence electrons. The molecule has 9 heteroatoms. The zero-order valence-corrected chi connectivity index (χ0v) is 17.2. The monoisotopic (exact) mass is 413 g/mol. The standard InChI is InChI=1S/C15H18Cl2N2O3.C3H3NO/c1-8(2)21-12-7-11(9(16)6-10(12)17)19-14(20)22-13(18-19)15(3,4)5;1-2-5-3-4-1/h6-8H,1-5H3;1-3H. The van der Waals surface area contributed by atoms with Crippen LogP contribution in [0.15, 0.2) is 44.6 Å². The summed E-state index contributed by atoms with van der Waals surface area (Å²) in [7, 11) is 0. The minimum atomic E-state index is -0.607. The summed E-state index contributed by atoms with van der Waals surface area (Å²) >= 11 is 12.3. The molecule has 0 bridgehead atoms. The highest BCUT2D eigenvalue weighted by atomic mass is 35.5. The third-order valence-corrected chi connectivity index (χ3v) is 3.73. The molecule has 0 saturated carbocycles. The Bertz CT molecular complexity index is 908. The van der Waals surface area contributed by atoms with Crippen molar-refractivity contribution < 1.29 is 13.6 Å². The van der Waals surface area contributed by atoms with E-state index < -0.39 is 5.76 Å². The topological polar surface area (TPSA) is 83.3 Å². The van der Waals surface area contributed by atoms with Crippen molar-refractivity contribution in [3.63, 3.8) is 0 Å². The molecule has 2 aromatic heterocycles. The molecule has 1 aromatic carbocycles. The first-order valence-electron chi connectivity index (χ1n) is 8.18. The average Bonchev–Trinajstić information content (AvgIpc) is 3.22. The van der Waals surface area contributed by atoms with Gasteiger partial charge in [0.05, 0.1) is 28.0 Å². The molecule has 0 fully saturated rings. The van der Waals surface area contributed by atoms with Crippen LogP contribution < -0.4 is 10.5 Å². The van der Waals surface area contributed by atoms with Gasteiger partial charge in [-0.05, 0) is 19.9 Å². The molecular formula is C18H21Cl2N3O4. The summed E-state index contributed by atoms with van der Waals surface area (Å²) in [5.74, 6) is 0.155. The number of nitrogens with zero attached hydrogens (tertiary/aromatic N) is 3.